The number of aromatic nitrogens is 1. The second kappa shape index (κ2) is 8.04. The Balaban J connectivity index is 1.83. The predicted molar refractivity (Wildman–Crippen MR) is 115 cm³/mol. The van der Waals surface area contributed by atoms with Crippen LogP contribution < -0.4 is 20.8 Å². The lowest BCUT2D eigenvalue weighted by atomic mass is 10.1. The van der Waals surface area contributed by atoms with Crippen LogP contribution in [0.4, 0.5) is 0 Å². The number of carbonyl (C=O) groups excluding carboxylic acids is 2. The van der Waals surface area contributed by atoms with Crippen LogP contribution in [0.15, 0.2) is 65.2 Å². The second-order valence-corrected chi connectivity index (χ2v) is 7.80. The molecule has 0 fully saturated rings. The number of aromatic hydroxyl groups is 2. The summed E-state index contributed by atoms with van der Waals surface area (Å²) in [4.78, 5) is 29.6. The number of phenolic OH excluding ortho intramolecular Hbond substituents is 1. The molecule has 31 heavy (non-hydrogen) atoms. The van der Waals surface area contributed by atoms with Crippen molar-refractivity contribution in [3.63, 3.8) is 0 Å². The average Bonchev–Trinajstić information content (AvgIpc) is 3.22. The van der Waals surface area contributed by atoms with E-state index in [1.54, 1.807) is 24.3 Å². The molecule has 4 rings (SSSR count). The number of fused-ring (bicyclic) bond motifs is 1. The third-order valence-electron chi connectivity index (χ3n) is 4.68. The monoisotopic (exact) mass is 434 g/mol. The van der Waals surface area contributed by atoms with Crippen molar-refractivity contribution >= 4 is 28.7 Å². The van der Waals surface area contributed by atoms with E-state index in [9.17, 15) is 19.8 Å². The quantitative estimate of drug-likeness (QED) is 0.411. The van der Waals surface area contributed by atoms with Crippen molar-refractivity contribution in [3.8, 4) is 11.6 Å². The number of carbonyl (C=O) groups is 2. The summed E-state index contributed by atoms with van der Waals surface area (Å²) in [6, 6.07) is 11.5. The molecule has 0 saturated heterocycles. The first-order valence-corrected chi connectivity index (χ1v) is 10.1. The van der Waals surface area contributed by atoms with Crippen LogP contribution in [0.25, 0.3) is 5.57 Å². The number of benzene rings is 2. The molecule has 0 unspecified atom stereocenters. The van der Waals surface area contributed by atoms with Crippen LogP contribution in [-0.4, -0.2) is 26.6 Å². The summed E-state index contributed by atoms with van der Waals surface area (Å²) in [5, 5.41) is 26.0. The SMILES string of the molecule is C=CCn1c(O)c(C2=c3cc(C)ccc3=NC2=O)sc1=NNC(=O)c1ccccc1O. The number of phenols is 1. The zero-order valence-electron chi connectivity index (χ0n) is 16.5. The van der Waals surface area contributed by atoms with Gasteiger partial charge < -0.3 is 10.2 Å². The Labute approximate surface area is 180 Å². The number of aryl methyl sites for hydroxylation is 1. The van der Waals surface area contributed by atoms with Crippen molar-refractivity contribution in [1.29, 1.82) is 0 Å². The van der Waals surface area contributed by atoms with Crippen LogP contribution in [0.2, 0.25) is 0 Å². The van der Waals surface area contributed by atoms with Crippen molar-refractivity contribution in [2.24, 2.45) is 10.1 Å². The molecule has 1 aliphatic heterocycles. The lowest BCUT2D eigenvalue weighted by molar-refractivity contribution is -0.112. The van der Waals surface area contributed by atoms with E-state index >= 15 is 0 Å². The molecule has 8 nitrogen and oxygen atoms in total. The van der Waals surface area contributed by atoms with E-state index in [0.717, 1.165) is 16.9 Å². The molecule has 0 radical (unpaired) electrons. The number of nitrogens with one attached hydrogen (secondary N) is 1. The first-order valence-electron chi connectivity index (χ1n) is 9.30. The predicted octanol–water partition coefficient (Wildman–Crippen LogP) is 1.06. The smallest absolute Gasteiger partial charge is 0.279 e. The number of thiazole rings is 1. The maximum Gasteiger partial charge on any atom is 0.279 e. The standard InChI is InChI=1S/C22H18N4O4S/c1-3-10-26-21(30)18(17-14-11-12(2)8-9-15(14)23-20(17)29)31-22(26)25-24-19(28)13-6-4-5-7-16(13)27/h3-9,11,27,30H,1,10H2,2H3,(H,24,28). The molecular weight excluding hydrogens is 416 g/mol. The van der Waals surface area contributed by atoms with Crippen molar-refractivity contribution in [3.05, 3.63) is 86.5 Å². The van der Waals surface area contributed by atoms with E-state index in [4.69, 9.17) is 0 Å². The highest BCUT2D eigenvalue weighted by atomic mass is 32.1. The third-order valence-corrected chi connectivity index (χ3v) is 5.77. The summed E-state index contributed by atoms with van der Waals surface area (Å²) in [7, 11) is 0. The summed E-state index contributed by atoms with van der Waals surface area (Å²) in [6.45, 7) is 5.79. The molecular formula is C22H18N4O4S. The molecule has 1 aromatic heterocycles. The summed E-state index contributed by atoms with van der Waals surface area (Å²) in [6.07, 6.45) is 1.56. The molecule has 156 valence electrons. The van der Waals surface area contributed by atoms with E-state index in [2.05, 4.69) is 22.1 Å². The summed E-state index contributed by atoms with van der Waals surface area (Å²) in [5.41, 5.74) is 3.68. The molecule has 0 atom stereocenters. The Morgan fingerprint density at radius 3 is 2.81 bits per heavy atom. The fourth-order valence-corrected chi connectivity index (χ4v) is 4.26. The van der Waals surface area contributed by atoms with E-state index in [1.807, 2.05) is 19.1 Å². The van der Waals surface area contributed by atoms with Gasteiger partial charge in [0, 0.05) is 11.8 Å². The van der Waals surface area contributed by atoms with Gasteiger partial charge in [-0.2, -0.15) is 0 Å². The van der Waals surface area contributed by atoms with Gasteiger partial charge in [0.15, 0.2) is 0 Å². The van der Waals surface area contributed by atoms with Crippen LogP contribution >= 0.6 is 11.3 Å². The van der Waals surface area contributed by atoms with Gasteiger partial charge in [-0.15, -0.1) is 11.7 Å². The fraction of sp³-hybridized carbons (Fsp3) is 0.0909. The molecule has 9 heteroatoms. The Bertz CT molecular complexity index is 1430. The largest absolute Gasteiger partial charge is 0.507 e. The lowest BCUT2D eigenvalue weighted by Crippen LogP contribution is -2.24. The number of allylic oxidation sites excluding steroid dienone is 1. The molecule has 3 aromatic rings. The van der Waals surface area contributed by atoms with E-state index in [1.165, 1.54) is 16.7 Å². The minimum absolute atomic E-state index is 0.0612. The normalized spacial score (nSPS) is 13.1. The fourth-order valence-electron chi connectivity index (χ4n) is 3.22. The van der Waals surface area contributed by atoms with Crippen LogP contribution in [0.1, 0.15) is 20.8 Å². The Kier molecular flexibility index (Phi) is 5.26. The Morgan fingerprint density at radius 2 is 2.06 bits per heavy atom. The Morgan fingerprint density at radius 1 is 1.29 bits per heavy atom. The molecule has 3 N–H and O–H groups in total. The molecule has 1 aliphatic rings. The van der Waals surface area contributed by atoms with E-state index in [-0.39, 0.29) is 34.1 Å². The molecule has 0 aliphatic carbocycles. The van der Waals surface area contributed by atoms with Gasteiger partial charge in [0.05, 0.1) is 16.5 Å². The first-order chi connectivity index (χ1) is 14.9. The van der Waals surface area contributed by atoms with Crippen molar-refractivity contribution < 1.29 is 19.8 Å². The summed E-state index contributed by atoms with van der Waals surface area (Å²) >= 11 is 1.04. The second-order valence-electron chi connectivity index (χ2n) is 6.82. The number of para-hydroxylation sites is 1. The molecule has 0 spiro atoms. The van der Waals surface area contributed by atoms with Gasteiger partial charge in [-0.3, -0.25) is 14.2 Å². The number of rotatable bonds is 5. The highest BCUT2D eigenvalue weighted by Gasteiger charge is 2.25. The highest BCUT2D eigenvalue weighted by molar-refractivity contribution is 7.11. The molecule has 2 heterocycles. The number of hydrogen-bond acceptors (Lipinski definition) is 6. The van der Waals surface area contributed by atoms with Crippen LogP contribution in [-0.2, 0) is 11.3 Å². The average molecular weight is 434 g/mol. The highest BCUT2D eigenvalue weighted by Crippen LogP contribution is 2.28. The molecule has 0 bridgehead atoms. The van der Waals surface area contributed by atoms with Crippen molar-refractivity contribution in [1.82, 2.24) is 9.99 Å². The van der Waals surface area contributed by atoms with Crippen LogP contribution in [0.5, 0.6) is 11.6 Å². The van der Waals surface area contributed by atoms with Crippen LogP contribution in [0, 0.1) is 6.92 Å². The van der Waals surface area contributed by atoms with Crippen LogP contribution in [0.3, 0.4) is 0 Å². The van der Waals surface area contributed by atoms with Gasteiger partial charge in [0.2, 0.25) is 10.7 Å². The lowest BCUT2D eigenvalue weighted by Gasteiger charge is -2.03. The van der Waals surface area contributed by atoms with Crippen molar-refractivity contribution in [2.45, 2.75) is 13.5 Å². The van der Waals surface area contributed by atoms with Gasteiger partial charge >= 0.3 is 0 Å². The topological polar surface area (TPSA) is 116 Å². The molecule has 0 saturated carbocycles. The minimum Gasteiger partial charge on any atom is -0.507 e. The van der Waals surface area contributed by atoms with Gasteiger partial charge in [0.25, 0.3) is 11.8 Å². The number of hydrogen-bond donors (Lipinski definition) is 3. The van der Waals surface area contributed by atoms with Gasteiger partial charge in [-0.05, 0) is 31.2 Å². The van der Waals surface area contributed by atoms with Gasteiger partial charge in [0.1, 0.15) is 10.6 Å². The van der Waals surface area contributed by atoms with Gasteiger partial charge in [-0.1, -0.05) is 41.2 Å². The molecule has 2 aromatic carbocycles. The molecule has 2 amide bonds. The number of nitrogens with zero attached hydrogens (tertiary/aromatic N) is 3. The maximum atomic E-state index is 12.6. The van der Waals surface area contributed by atoms with Gasteiger partial charge in [-0.25, -0.2) is 10.4 Å². The summed E-state index contributed by atoms with van der Waals surface area (Å²) < 4.78 is 1.42. The van der Waals surface area contributed by atoms with E-state index < -0.39 is 11.8 Å². The minimum atomic E-state index is -0.613. The van der Waals surface area contributed by atoms with Crippen molar-refractivity contribution in [2.75, 3.05) is 0 Å². The number of amides is 2. The zero-order chi connectivity index (χ0) is 22.1. The van der Waals surface area contributed by atoms with E-state index in [0.29, 0.717) is 15.5 Å². The third kappa shape index (κ3) is 3.66. The Hall–Kier alpha value is -3.98. The zero-order valence-corrected chi connectivity index (χ0v) is 17.3. The maximum absolute atomic E-state index is 12.6. The summed E-state index contributed by atoms with van der Waals surface area (Å²) in [5.74, 6) is -1.41. The first kappa shape index (κ1) is 20.3.